The fraction of sp³-hybridized carbons (Fsp3) is 0.188. The second-order valence-electron chi connectivity index (χ2n) is 4.48. The lowest BCUT2D eigenvalue weighted by Gasteiger charge is -2.09. The van der Waals surface area contributed by atoms with E-state index in [9.17, 15) is 9.59 Å². The van der Waals surface area contributed by atoms with Crippen molar-refractivity contribution in [3.63, 3.8) is 0 Å². The smallest absolute Gasteiger partial charge is 0.341 e. The van der Waals surface area contributed by atoms with Gasteiger partial charge in [0.05, 0.1) is 28.8 Å². The number of esters is 1. The number of nitriles is 1. The standard InChI is InChI=1S/C16H13ClN2O4S/c1-2-22-16(21)11-5-6-24-15(11)19-14(20)9-23-13-4-3-10(8-18)7-12(13)17/h3-7H,2,9H2,1H3,(H,19,20). The van der Waals surface area contributed by atoms with Crippen molar-refractivity contribution in [1.29, 1.82) is 5.26 Å². The van der Waals surface area contributed by atoms with E-state index in [4.69, 9.17) is 26.3 Å². The summed E-state index contributed by atoms with van der Waals surface area (Å²) in [6, 6.07) is 8.04. The highest BCUT2D eigenvalue weighted by Crippen LogP contribution is 2.26. The van der Waals surface area contributed by atoms with Gasteiger partial charge in [-0.2, -0.15) is 5.26 Å². The molecule has 0 saturated carbocycles. The Kier molecular flexibility index (Phi) is 6.18. The Labute approximate surface area is 147 Å². The van der Waals surface area contributed by atoms with Crippen molar-refractivity contribution in [2.75, 3.05) is 18.5 Å². The van der Waals surface area contributed by atoms with Gasteiger partial charge in [-0.25, -0.2) is 4.79 Å². The molecule has 0 fully saturated rings. The summed E-state index contributed by atoms with van der Waals surface area (Å²) in [6.45, 7) is 1.67. The van der Waals surface area contributed by atoms with E-state index < -0.39 is 11.9 Å². The third kappa shape index (κ3) is 4.47. The summed E-state index contributed by atoms with van der Waals surface area (Å²) in [5.74, 6) is -0.642. The predicted molar refractivity (Wildman–Crippen MR) is 90.6 cm³/mol. The first-order chi connectivity index (χ1) is 11.5. The first kappa shape index (κ1) is 17.8. The van der Waals surface area contributed by atoms with Crippen LogP contribution in [0, 0.1) is 11.3 Å². The quantitative estimate of drug-likeness (QED) is 0.793. The van der Waals surface area contributed by atoms with Crippen molar-refractivity contribution >= 4 is 39.8 Å². The van der Waals surface area contributed by atoms with Gasteiger partial charge in [-0.3, -0.25) is 4.79 Å². The molecule has 124 valence electrons. The summed E-state index contributed by atoms with van der Waals surface area (Å²) in [6.07, 6.45) is 0. The zero-order valence-corrected chi connectivity index (χ0v) is 14.2. The fourth-order valence-electron chi connectivity index (χ4n) is 1.77. The molecule has 0 aliphatic carbocycles. The zero-order valence-electron chi connectivity index (χ0n) is 12.7. The van der Waals surface area contributed by atoms with Crippen LogP contribution < -0.4 is 10.1 Å². The lowest BCUT2D eigenvalue weighted by molar-refractivity contribution is -0.118. The number of hydrogen-bond acceptors (Lipinski definition) is 6. The van der Waals surface area contributed by atoms with E-state index in [2.05, 4.69) is 5.32 Å². The van der Waals surface area contributed by atoms with E-state index in [1.165, 1.54) is 29.5 Å². The van der Waals surface area contributed by atoms with Crippen LogP contribution >= 0.6 is 22.9 Å². The lowest BCUT2D eigenvalue weighted by Crippen LogP contribution is -2.21. The highest BCUT2D eigenvalue weighted by molar-refractivity contribution is 7.14. The zero-order chi connectivity index (χ0) is 17.5. The Balaban J connectivity index is 1.96. The molecular weight excluding hydrogens is 352 g/mol. The summed E-state index contributed by atoms with van der Waals surface area (Å²) in [4.78, 5) is 23.7. The van der Waals surface area contributed by atoms with Crippen LogP contribution in [0.15, 0.2) is 29.6 Å². The molecule has 0 unspecified atom stereocenters. The first-order valence-electron chi connectivity index (χ1n) is 6.92. The normalized spacial score (nSPS) is 9.88. The van der Waals surface area contributed by atoms with Gasteiger partial charge >= 0.3 is 5.97 Å². The largest absolute Gasteiger partial charge is 0.482 e. The highest BCUT2D eigenvalue weighted by atomic mass is 35.5. The number of amides is 1. The summed E-state index contributed by atoms with van der Waals surface area (Å²) >= 11 is 7.18. The summed E-state index contributed by atoms with van der Waals surface area (Å²) in [5.41, 5.74) is 0.695. The van der Waals surface area contributed by atoms with E-state index >= 15 is 0 Å². The topological polar surface area (TPSA) is 88.4 Å². The third-order valence-electron chi connectivity index (χ3n) is 2.83. The SMILES string of the molecule is CCOC(=O)c1ccsc1NC(=O)COc1ccc(C#N)cc1Cl. The molecule has 0 bridgehead atoms. The van der Waals surface area contributed by atoms with Crippen molar-refractivity contribution in [2.45, 2.75) is 6.92 Å². The van der Waals surface area contributed by atoms with Crippen molar-refractivity contribution in [2.24, 2.45) is 0 Å². The van der Waals surface area contributed by atoms with Gasteiger partial charge in [0.1, 0.15) is 10.8 Å². The number of benzene rings is 1. The minimum absolute atomic E-state index is 0.241. The summed E-state index contributed by atoms with van der Waals surface area (Å²) < 4.78 is 10.2. The van der Waals surface area contributed by atoms with Crippen LogP contribution in [0.3, 0.4) is 0 Å². The molecule has 1 heterocycles. The van der Waals surface area contributed by atoms with Gasteiger partial charge in [-0.15, -0.1) is 11.3 Å². The lowest BCUT2D eigenvalue weighted by atomic mass is 10.2. The minimum Gasteiger partial charge on any atom is -0.482 e. The number of carbonyl (C=O) groups excluding carboxylic acids is 2. The fourth-order valence-corrected chi connectivity index (χ4v) is 2.80. The van der Waals surface area contributed by atoms with Crippen molar-refractivity contribution in [3.8, 4) is 11.8 Å². The predicted octanol–water partition coefficient (Wildman–Crippen LogP) is 3.47. The van der Waals surface area contributed by atoms with E-state index in [0.717, 1.165) is 0 Å². The summed E-state index contributed by atoms with van der Waals surface area (Å²) in [7, 11) is 0. The van der Waals surface area contributed by atoms with Gasteiger partial charge in [0.2, 0.25) is 0 Å². The molecule has 8 heteroatoms. The maximum absolute atomic E-state index is 12.0. The molecule has 0 saturated heterocycles. The second-order valence-corrected chi connectivity index (χ2v) is 5.80. The van der Waals surface area contributed by atoms with E-state index in [1.54, 1.807) is 18.4 Å². The second kappa shape index (κ2) is 8.34. The van der Waals surface area contributed by atoms with Crippen LogP contribution in [0.2, 0.25) is 5.02 Å². The summed E-state index contributed by atoms with van der Waals surface area (Å²) in [5, 5.41) is 13.7. The molecule has 1 amide bonds. The van der Waals surface area contributed by atoms with Gasteiger partial charge in [-0.1, -0.05) is 11.6 Å². The molecule has 6 nitrogen and oxygen atoms in total. The van der Waals surface area contributed by atoms with Crippen LogP contribution in [-0.4, -0.2) is 25.1 Å². The minimum atomic E-state index is -0.495. The molecule has 0 aliphatic heterocycles. The van der Waals surface area contributed by atoms with Crippen molar-refractivity contribution in [3.05, 3.63) is 45.8 Å². The van der Waals surface area contributed by atoms with E-state index in [1.807, 2.05) is 6.07 Å². The molecule has 24 heavy (non-hydrogen) atoms. The van der Waals surface area contributed by atoms with Gasteiger partial charge in [0.15, 0.2) is 6.61 Å². The number of rotatable bonds is 6. The molecule has 2 rings (SSSR count). The number of ether oxygens (including phenoxy) is 2. The van der Waals surface area contributed by atoms with Crippen molar-refractivity contribution < 1.29 is 19.1 Å². The van der Waals surface area contributed by atoms with Crippen molar-refractivity contribution in [1.82, 2.24) is 0 Å². The van der Waals surface area contributed by atoms with E-state index in [-0.39, 0.29) is 18.2 Å². The maximum atomic E-state index is 12.0. The molecule has 1 aromatic heterocycles. The van der Waals surface area contributed by atoms with Crippen LogP contribution in [0.4, 0.5) is 5.00 Å². The third-order valence-corrected chi connectivity index (χ3v) is 3.96. The van der Waals surface area contributed by atoms with Crippen LogP contribution in [-0.2, 0) is 9.53 Å². The Morgan fingerprint density at radius 2 is 2.17 bits per heavy atom. The highest BCUT2D eigenvalue weighted by Gasteiger charge is 2.16. The molecule has 1 aromatic carbocycles. The molecule has 0 atom stereocenters. The van der Waals surface area contributed by atoms with Gasteiger partial charge in [-0.05, 0) is 36.6 Å². The van der Waals surface area contributed by atoms with Crippen LogP contribution in [0.1, 0.15) is 22.8 Å². The molecule has 0 aliphatic rings. The molecule has 0 spiro atoms. The number of anilines is 1. The Morgan fingerprint density at radius 1 is 1.38 bits per heavy atom. The van der Waals surface area contributed by atoms with Crippen LogP contribution in [0.5, 0.6) is 5.75 Å². The van der Waals surface area contributed by atoms with Gasteiger partial charge in [0, 0.05) is 0 Å². The Bertz CT molecular complexity index is 798. The number of thiophene rings is 1. The van der Waals surface area contributed by atoms with E-state index in [0.29, 0.717) is 21.9 Å². The molecule has 2 aromatic rings. The average Bonchev–Trinajstić information content (AvgIpc) is 3.02. The van der Waals surface area contributed by atoms with Gasteiger partial charge in [0.25, 0.3) is 5.91 Å². The number of nitrogens with zero attached hydrogens (tertiary/aromatic N) is 1. The Hall–Kier alpha value is -2.56. The molecule has 0 radical (unpaired) electrons. The van der Waals surface area contributed by atoms with Crippen LogP contribution in [0.25, 0.3) is 0 Å². The average molecular weight is 365 g/mol. The number of hydrogen-bond donors (Lipinski definition) is 1. The number of halogens is 1. The maximum Gasteiger partial charge on any atom is 0.341 e. The molecule has 1 N–H and O–H groups in total. The van der Waals surface area contributed by atoms with Gasteiger partial charge < -0.3 is 14.8 Å². The molecular formula is C16H13ClN2O4S. The first-order valence-corrected chi connectivity index (χ1v) is 8.17. The Morgan fingerprint density at radius 3 is 2.83 bits per heavy atom. The monoisotopic (exact) mass is 364 g/mol. The number of nitrogens with one attached hydrogen (secondary N) is 1. The number of carbonyl (C=O) groups is 2.